The van der Waals surface area contributed by atoms with Gasteiger partial charge in [0.05, 0.1) is 12.1 Å². The summed E-state index contributed by atoms with van der Waals surface area (Å²) in [6.07, 6.45) is 2.16. The van der Waals surface area contributed by atoms with Crippen LogP contribution < -0.4 is 5.32 Å². The van der Waals surface area contributed by atoms with E-state index in [1.807, 2.05) is 12.1 Å². The van der Waals surface area contributed by atoms with Crippen LogP contribution in [0, 0.1) is 6.92 Å². The van der Waals surface area contributed by atoms with Gasteiger partial charge in [-0.1, -0.05) is 18.2 Å². The van der Waals surface area contributed by atoms with Crippen LogP contribution in [0.25, 0.3) is 0 Å². The molecule has 1 aliphatic rings. The molecule has 1 aliphatic heterocycles. The molecule has 0 spiro atoms. The van der Waals surface area contributed by atoms with Gasteiger partial charge in [-0.2, -0.15) is 0 Å². The molecule has 17 heavy (non-hydrogen) atoms. The smallest absolute Gasteiger partial charge is 0.0730 e. The van der Waals surface area contributed by atoms with Crippen molar-refractivity contribution in [2.75, 3.05) is 32.1 Å². The molecule has 3 nitrogen and oxygen atoms in total. The van der Waals surface area contributed by atoms with E-state index in [2.05, 4.69) is 36.3 Å². The molecule has 0 radical (unpaired) electrons. The first-order chi connectivity index (χ1) is 8.15. The zero-order valence-electron chi connectivity index (χ0n) is 10.7. The highest BCUT2D eigenvalue weighted by Crippen LogP contribution is 2.26. The van der Waals surface area contributed by atoms with E-state index >= 15 is 0 Å². The average Bonchev–Trinajstić information content (AvgIpc) is 2.32. The van der Waals surface area contributed by atoms with Crippen LogP contribution in [0.15, 0.2) is 24.3 Å². The van der Waals surface area contributed by atoms with Gasteiger partial charge in [0.1, 0.15) is 0 Å². The second-order valence-corrected chi connectivity index (χ2v) is 5.22. The lowest BCUT2D eigenvalue weighted by Crippen LogP contribution is -2.54. The molecule has 1 aromatic rings. The first kappa shape index (κ1) is 12.4. The Kier molecular flexibility index (Phi) is 3.69. The fourth-order valence-corrected chi connectivity index (χ4v) is 2.63. The third-order valence-electron chi connectivity index (χ3n) is 3.62. The normalized spacial score (nSPS) is 25.8. The Morgan fingerprint density at radius 3 is 2.82 bits per heavy atom. The summed E-state index contributed by atoms with van der Waals surface area (Å²) in [5.74, 6) is 0. The Bertz CT molecular complexity index is 380. The number of aryl methyl sites for hydroxylation is 1. The fourth-order valence-electron chi connectivity index (χ4n) is 2.63. The highest BCUT2D eigenvalue weighted by Gasteiger charge is 2.33. The highest BCUT2D eigenvalue weighted by atomic mass is 16.3. The summed E-state index contributed by atoms with van der Waals surface area (Å²) < 4.78 is 0. The first-order valence-corrected chi connectivity index (χ1v) is 6.28. The van der Waals surface area contributed by atoms with E-state index in [9.17, 15) is 5.11 Å². The number of nitrogens with one attached hydrogen (secondary N) is 1. The van der Waals surface area contributed by atoms with E-state index in [-0.39, 0.29) is 12.1 Å². The summed E-state index contributed by atoms with van der Waals surface area (Å²) in [5.41, 5.74) is 2.18. The SMILES string of the molecule is Cc1ccccc1NC1(CO)CCCN(C)C1. The molecular weight excluding hydrogens is 212 g/mol. The number of rotatable bonds is 3. The number of likely N-dealkylation sites (N-methyl/N-ethyl adjacent to an activating group) is 1. The number of likely N-dealkylation sites (tertiary alicyclic amines) is 1. The number of aliphatic hydroxyl groups is 1. The number of benzene rings is 1. The topological polar surface area (TPSA) is 35.5 Å². The quantitative estimate of drug-likeness (QED) is 0.838. The maximum absolute atomic E-state index is 9.72. The summed E-state index contributed by atoms with van der Waals surface area (Å²) in [7, 11) is 2.11. The number of hydrogen-bond donors (Lipinski definition) is 2. The summed E-state index contributed by atoms with van der Waals surface area (Å²) in [6, 6.07) is 8.26. The van der Waals surface area contributed by atoms with E-state index in [0.29, 0.717) is 0 Å². The zero-order valence-corrected chi connectivity index (χ0v) is 10.7. The Hall–Kier alpha value is -1.06. The van der Waals surface area contributed by atoms with Gasteiger partial charge in [0.25, 0.3) is 0 Å². The molecule has 1 heterocycles. The summed E-state index contributed by atoms with van der Waals surface area (Å²) in [5, 5.41) is 13.3. The molecule has 0 bridgehead atoms. The zero-order chi connectivity index (χ0) is 12.3. The monoisotopic (exact) mass is 234 g/mol. The number of hydrogen-bond acceptors (Lipinski definition) is 3. The number of anilines is 1. The van der Waals surface area contributed by atoms with Gasteiger partial charge in [-0.05, 0) is 45.0 Å². The van der Waals surface area contributed by atoms with Gasteiger partial charge in [-0.15, -0.1) is 0 Å². The van der Waals surface area contributed by atoms with E-state index in [1.165, 1.54) is 5.56 Å². The molecule has 2 N–H and O–H groups in total. The van der Waals surface area contributed by atoms with E-state index in [1.54, 1.807) is 0 Å². The van der Waals surface area contributed by atoms with E-state index in [4.69, 9.17) is 0 Å². The number of aliphatic hydroxyl groups excluding tert-OH is 1. The minimum absolute atomic E-state index is 0.181. The second kappa shape index (κ2) is 5.07. The molecular formula is C14H22N2O. The molecule has 0 aromatic heterocycles. The average molecular weight is 234 g/mol. The van der Waals surface area contributed by atoms with Crippen LogP contribution in [0.1, 0.15) is 18.4 Å². The van der Waals surface area contributed by atoms with Crippen molar-refractivity contribution in [3.8, 4) is 0 Å². The summed E-state index contributed by atoms with van der Waals surface area (Å²) >= 11 is 0. The third kappa shape index (κ3) is 2.79. The van der Waals surface area contributed by atoms with Gasteiger partial charge in [-0.3, -0.25) is 0 Å². The van der Waals surface area contributed by atoms with Crippen molar-refractivity contribution in [3.05, 3.63) is 29.8 Å². The second-order valence-electron chi connectivity index (χ2n) is 5.22. The number of piperidine rings is 1. The van der Waals surface area contributed by atoms with Gasteiger partial charge in [0.2, 0.25) is 0 Å². The van der Waals surface area contributed by atoms with Gasteiger partial charge in [0, 0.05) is 12.2 Å². The van der Waals surface area contributed by atoms with Crippen LogP contribution in [0.4, 0.5) is 5.69 Å². The fraction of sp³-hybridized carbons (Fsp3) is 0.571. The van der Waals surface area contributed by atoms with Crippen LogP contribution >= 0.6 is 0 Å². The first-order valence-electron chi connectivity index (χ1n) is 6.28. The lowest BCUT2D eigenvalue weighted by Gasteiger charge is -2.41. The molecule has 0 amide bonds. The molecule has 0 saturated carbocycles. The van der Waals surface area contributed by atoms with Crippen LogP contribution in [0.5, 0.6) is 0 Å². The largest absolute Gasteiger partial charge is 0.394 e. The maximum atomic E-state index is 9.72. The lowest BCUT2D eigenvalue weighted by molar-refractivity contribution is 0.124. The predicted molar refractivity (Wildman–Crippen MR) is 71.3 cm³/mol. The minimum Gasteiger partial charge on any atom is -0.394 e. The highest BCUT2D eigenvalue weighted by molar-refractivity contribution is 5.52. The Morgan fingerprint density at radius 2 is 2.18 bits per heavy atom. The van der Waals surface area contributed by atoms with Crippen molar-refractivity contribution in [2.24, 2.45) is 0 Å². The van der Waals surface area contributed by atoms with Gasteiger partial charge in [-0.25, -0.2) is 0 Å². The van der Waals surface area contributed by atoms with E-state index < -0.39 is 0 Å². The Labute approximate surface area is 103 Å². The van der Waals surface area contributed by atoms with Gasteiger partial charge in [0.15, 0.2) is 0 Å². The molecule has 1 saturated heterocycles. The number of para-hydroxylation sites is 1. The van der Waals surface area contributed by atoms with Crippen LogP contribution in [0.2, 0.25) is 0 Å². The molecule has 3 heteroatoms. The van der Waals surface area contributed by atoms with Crippen molar-refractivity contribution in [1.82, 2.24) is 4.90 Å². The molecule has 1 unspecified atom stereocenters. The predicted octanol–water partition coefficient (Wildman–Crippen LogP) is 1.86. The summed E-state index contributed by atoms with van der Waals surface area (Å²) in [4.78, 5) is 2.28. The Morgan fingerprint density at radius 1 is 1.41 bits per heavy atom. The van der Waals surface area contributed by atoms with Gasteiger partial charge >= 0.3 is 0 Å². The van der Waals surface area contributed by atoms with Crippen molar-refractivity contribution in [2.45, 2.75) is 25.3 Å². The lowest BCUT2D eigenvalue weighted by atomic mass is 9.89. The Balaban J connectivity index is 2.17. The molecule has 0 aliphatic carbocycles. The standard InChI is InChI=1S/C14H22N2O/c1-12-6-3-4-7-13(12)15-14(11-17)8-5-9-16(2)10-14/h3-4,6-7,15,17H,5,8-11H2,1-2H3. The molecule has 1 aromatic carbocycles. The molecule has 2 rings (SSSR count). The third-order valence-corrected chi connectivity index (χ3v) is 3.62. The van der Waals surface area contributed by atoms with Gasteiger partial charge < -0.3 is 15.3 Å². The number of nitrogens with zero attached hydrogens (tertiary/aromatic N) is 1. The minimum atomic E-state index is -0.181. The molecule has 1 fully saturated rings. The summed E-state index contributed by atoms with van der Waals surface area (Å²) in [6.45, 7) is 4.31. The van der Waals surface area contributed by atoms with E-state index in [0.717, 1.165) is 31.6 Å². The van der Waals surface area contributed by atoms with Crippen LogP contribution in [-0.2, 0) is 0 Å². The van der Waals surface area contributed by atoms with Crippen LogP contribution in [-0.4, -0.2) is 42.3 Å². The van der Waals surface area contributed by atoms with Crippen molar-refractivity contribution in [1.29, 1.82) is 0 Å². The van der Waals surface area contributed by atoms with Crippen LogP contribution in [0.3, 0.4) is 0 Å². The van der Waals surface area contributed by atoms with Crippen molar-refractivity contribution >= 4 is 5.69 Å². The van der Waals surface area contributed by atoms with Crippen molar-refractivity contribution in [3.63, 3.8) is 0 Å². The molecule has 1 atom stereocenters. The van der Waals surface area contributed by atoms with Crippen molar-refractivity contribution < 1.29 is 5.11 Å². The maximum Gasteiger partial charge on any atom is 0.0730 e. The molecule has 94 valence electrons.